The first kappa shape index (κ1) is 9.77. The molecule has 0 aliphatic heterocycles. The lowest BCUT2D eigenvalue weighted by Crippen LogP contribution is -1.98. The van der Waals surface area contributed by atoms with Gasteiger partial charge < -0.3 is 0 Å². The molecule has 3 rings (SSSR count). The number of rotatable bonds is 2. The first-order valence-electron chi connectivity index (χ1n) is 5.14. The molecule has 5 heteroatoms. The Morgan fingerprint density at radius 1 is 1.00 bits per heavy atom. The highest BCUT2D eigenvalue weighted by Gasteiger charge is 2.08. The van der Waals surface area contributed by atoms with E-state index < -0.39 is 0 Å². The molecule has 3 aromatic rings. The van der Waals surface area contributed by atoms with Gasteiger partial charge in [0.15, 0.2) is 0 Å². The van der Waals surface area contributed by atoms with Crippen molar-refractivity contribution < 1.29 is 4.39 Å². The van der Waals surface area contributed by atoms with Crippen molar-refractivity contribution in [3.63, 3.8) is 0 Å². The van der Waals surface area contributed by atoms with E-state index in [1.807, 2.05) is 12.1 Å². The topological polar surface area (TPSA) is 46.5 Å². The highest BCUT2D eigenvalue weighted by Crippen LogP contribution is 2.19. The Kier molecular flexibility index (Phi) is 2.22. The number of aromatic nitrogens is 4. The molecule has 17 heavy (non-hydrogen) atoms. The molecule has 0 bridgehead atoms. The summed E-state index contributed by atoms with van der Waals surface area (Å²) in [5.74, 6) is -0.260. The molecular formula is C12H9FN4. The lowest BCUT2D eigenvalue weighted by Gasteiger charge is -2.05. The van der Waals surface area contributed by atoms with Crippen LogP contribution < -0.4 is 0 Å². The largest absolute Gasteiger partial charge is 0.276 e. The number of halogens is 1. The fourth-order valence-corrected chi connectivity index (χ4v) is 1.69. The van der Waals surface area contributed by atoms with Crippen molar-refractivity contribution in [3.8, 4) is 17.1 Å². The van der Waals surface area contributed by atoms with Crippen LogP contribution in [0.4, 0.5) is 4.39 Å². The molecule has 2 heterocycles. The zero-order valence-electron chi connectivity index (χ0n) is 8.84. The van der Waals surface area contributed by atoms with Gasteiger partial charge in [0.25, 0.3) is 0 Å². The van der Waals surface area contributed by atoms with E-state index in [4.69, 9.17) is 0 Å². The zero-order valence-corrected chi connectivity index (χ0v) is 8.84. The summed E-state index contributed by atoms with van der Waals surface area (Å²) in [7, 11) is 0. The van der Waals surface area contributed by atoms with Gasteiger partial charge in [0.2, 0.25) is 0 Å². The van der Waals surface area contributed by atoms with Gasteiger partial charge in [-0.25, -0.2) is 9.07 Å². The maximum absolute atomic E-state index is 12.9. The highest BCUT2D eigenvalue weighted by molar-refractivity contribution is 5.56. The second kappa shape index (κ2) is 3.86. The van der Waals surface area contributed by atoms with E-state index in [1.165, 1.54) is 12.1 Å². The maximum Gasteiger partial charge on any atom is 0.123 e. The number of H-pyrrole nitrogens is 1. The van der Waals surface area contributed by atoms with Crippen LogP contribution in [0.3, 0.4) is 0 Å². The molecule has 0 saturated heterocycles. The van der Waals surface area contributed by atoms with Gasteiger partial charge in [-0.1, -0.05) is 0 Å². The van der Waals surface area contributed by atoms with Gasteiger partial charge in [0, 0.05) is 6.20 Å². The van der Waals surface area contributed by atoms with E-state index in [0.29, 0.717) is 0 Å². The van der Waals surface area contributed by atoms with Crippen molar-refractivity contribution in [2.75, 3.05) is 0 Å². The van der Waals surface area contributed by atoms with Gasteiger partial charge in [0.1, 0.15) is 5.82 Å². The van der Waals surface area contributed by atoms with Crippen LogP contribution in [0.1, 0.15) is 0 Å². The van der Waals surface area contributed by atoms with Crippen molar-refractivity contribution in [3.05, 3.63) is 54.6 Å². The quantitative estimate of drug-likeness (QED) is 0.732. The average Bonchev–Trinajstić information content (AvgIpc) is 3.00. The number of aromatic amines is 1. The Morgan fingerprint density at radius 3 is 2.53 bits per heavy atom. The second-order valence-corrected chi connectivity index (χ2v) is 3.57. The number of benzene rings is 1. The van der Waals surface area contributed by atoms with Gasteiger partial charge in [-0.2, -0.15) is 10.2 Å². The van der Waals surface area contributed by atoms with Crippen LogP contribution in [0.15, 0.2) is 48.8 Å². The lowest BCUT2D eigenvalue weighted by molar-refractivity contribution is 0.627. The lowest BCUT2D eigenvalue weighted by atomic mass is 10.2. The molecule has 0 aliphatic carbocycles. The van der Waals surface area contributed by atoms with Gasteiger partial charge in [0.05, 0.1) is 23.3 Å². The smallest absolute Gasteiger partial charge is 0.123 e. The summed E-state index contributed by atoms with van der Waals surface area (Å²) in [6.07, 6.45) is 3.37. The van der Waals surface area contributed by atoms with Crippen LogP contribution in [0.25, 0.3) is 17.1 Å². The molecule has 0 unspecified atom stereocenters. The van der Waals surface area contributed by atoms with Crippen molar-refractivity contribution >= 4 is 0 Å². The monoisotopic (exact) mass is 228 g/mol. The summed E-state index contributed by atoms with van der Waals surface area (Å²) in [5.41, 5.74) is 2.56. The zero-order chi connectivity index (χ0) is 11.7. The molecule has 1 aromatic carbocycles. The molecule has 1 N–H and O–H groups in total. The number of hydrogen-bond donors (Lipinski definition) is 1. The van der Waals surface area contributed by atoms with Crippen LogP contribution >= 0.6 is 0 Å². The molecule has 4 nitrogen and oxygen atoms in total. The van der Waals surface area contributed by atoms with E-state index in [2.05, 4.69) is 15.3 Å². The predicted octanol–water partition coefficient (Wildman–Crippen LogP) is 2.40. The Morgan fingerprint density at radius 2 is 1.82 bits per heavy atom. The number of nitrogens with zero attached hydrogens (tertiary/aromatic N) is 3. The van der Waals surface area contributed by atoms with Crippen molar-refractivity contribution in [2.45, 2.75) is 0 Å². The predicted molar refractivity (Wildman–Crippen MR) is 61.1 cm³/mol. The highest BCUT2D eigenvalue weighted by atomic mass is 19.1. The van der Waals surface area contributed by atoms with Crippen molar-refractivity contribution in [2.24, 2.45) is 0 Å². The summed E-state index contributed by atoms with van der Waals surface area (Å²) in [6, 6.07) is 9.92. The molecule has 0 amide bonds. The second-order valence-electron chi connectivity index (χ2n) is 3.57. The minimum atomic E-state index is -0.260. The van der Waals surface area contributed by atoms with Crippen LogP contribution in [0.2, 0.25) is 0 Å². The molecule has 0 radical (unpaired) electrons. The Labute approximate surface area is 96.7 Å². The van der Waals surface area contributed by atoms with E-state index in [9.17, 15) is 4.39 Å². The van der Waals surface area contributed by atoms with Gasteiger partial charge in [-0.15, -0.1) is 0 Å². The third kappa shape index (κ3) is 1.71. The Hall–Kier alpha value is -2.43. The van der Waals surface area contributed by atoms with Crippen molar-refractivity contribution in [1.29, 1.82) is 0 Å². The molecule has 84 valence electrons. The summed E-state index contributed by atoms with van der Waals surface area (Å²) < 4.78 is 14.6. The summed E-state index contributed by atoms with van der Waals surface area (Å²) in [4.78, 5) is 0. The van der Waals surface area contributed by atoms with Crippen LogP contribution in [0, 0.1) is 5.82 Å². The molecule has 0 saturated carbocycles. The average molecular weight is 228 g/mol. The van der Waals surface area contributed by atoms with Gasteiger partial charge >= 0.3 is 0 Å². The third-order valence-electron chi connectivity index (χ3n) is 2.49. The maximum atomic E-state index is 12.9. The van der Waals surface area contributed by atoms with Crippen molar-refractivity contribution in [1.82, 2.24) is 20.0 Å². The van der Waals surface area contributed by atoms with E-state index in [0.717, 1.165) is 17.1 Å². The third-order valence-corrected chi connectivity index (χ3v) is 2.49. The molecule has 0 spiro atoms. The molecule has 0 fully saturated rings. The van der Waals surface area contributed by atoms with Crippen LogP contribution in [0.5, 0.6) is 0 Å². The SMILES string of the molecule is Fc1ccc(-n2nccc2-c2ccn[nH]2)cc1. The summed E-state index contributed by atoms with van der Waals surface area (Å²) in [6.45, 7) is 0. The normalized spacial score (nSPS) is 10.6. The molecular weight excluding hydrogens is 219 g/mol. The number of nitrogens with one attached hydrogen (secondary N) is 1. The first-order valence-corrected chi connectivity index (χ1v) is 5.14. The molecule has 2 aromatic heterocycles. The minimum absolute atomic E-state index is 0.260. The Balaban J connectivity index is 2.10. The van der Waals surface area contributed by atoms with E-state index in [1.54, 1.807) is 29.2 Å². The first-order chi connectivity index (χ1) is 8.34. The molecule has 0 aliphatic rings. The van der Waals surface area contributed by atoms with Gasteiger partial charge in [-0.3, -0.25) is 5.10 Å². The minimum Gasteiger partial charge on any atom is -0.276 e. The number of hydrogen-bond acceptors (Lipinski definition) is 2. The Bertz CT molecular complexity index is 610. The fraction of sp³-hybridized carbons (Fsp3) is 0. The van der Waals surface area contributed by atoms with Crippen LogP contribution in [-0.2, 0) is 0 Å². The van der Waals surface area contributed by atoms with E-state index in [-0.39, 0.29) is 5.82 Å². The van der Waals surface area contributed by atoms with E-state index >= 15 is 0 Å². The summed E-state index contributed by atoms with van der Waals surface area (Å²) in [5, 5.41) is 11.0. The van der Waals surface area contributed by atoms with Crippen LogP contribution in [-0.4, -0.2) is 20.0 Å². The summed E-state index contributed by atoms with van der Waals surface area (Å²) >= 11 is 0. The molecule has 0 atom stereocenters. The fourth-order valence-electron chi connectivity index (χ4n) is 1.69. The van der Waals surface area contributed by atoms with Gasteiger partial charge in [-0.05, 0) is 36.4 Å². The standard InChI is InChI=1S/C12H9FN4/c13-9-1-3-10(4-2-9)17-12(6-8-15-17)11-5-7-14-16-11/h1-8H,(H,14,16).